The zero-order valence-corrected chi connectivity index (χ0v) is 6.53. The van der Waals surface area contributed by atoms with Crippen LogP contribution in [0.15, 0.2) is 0 Å². The minimum absolute atomic E-state index is 0.923. The Kier molecular flexibility index (Phi) is 6.20. The Balaban J connectivity index is 2.49. The van der Waals surface area contributed by atoms with E-state index in [0.717, 1.165) is 4.37 Å². The molecule has 6 heavy (non-hydrogen) atoms. The third kappa shape index (κ3) is 4.62. The summed E-state index contributed by atoms with van der Waals surface area (Å²) in [5.74, 6) is 0. The molecule has 0 unspecified atom stereocenters. The van der Waals surface area contributed by atoms with Gasteiger partial charge in [0.1, 0.15) is 0 Å². The van der Waals surface area contributed by atoms with E-state index in [2.05, 4.69) is 6.92 Å². The van der Waals surface area contributed by atoms with Gasteiger partial charge in [-0.15, -0.1) is 0 Å². The minimum atomic E-state index is -0.923. The molecule has 0 atom stereocenters. The van der Waals surface area contributed by atoms with E-state index in [1.807, 2.05) is 0 Å². The van der Waals surface area contributed by atoms with E-state index in [-0.39, 0.29) is 0 Å². The molecule has 0 heterocycles. The van der Waals surface area contributed by atoms with Gasteiger partial charge in [-0.2, -0.15) is 0 Å². The third-order valence-corrected chi connectivity index (χ3v) is 2.03. The average molecular weight is 195 g/mol. The second-order valence-corrected chi connectivity index (χ2v) is 3.22. The Labute approximate surface area is 49.0 Å². The third-order valence-electron chi connectivity index (χ3n) is 0.603. The van der Waals surface area contributed by atoms with E-state index in [9.17, 15) is 3.02 Å². The van der Waals surface area contributed by atoms with Crippen molar-refractivity contribution < 1.29 is 3.02 Å². The fraction of sp³-hybridized carbons (Fsp3) is 1.00. The second kappa shape index (κ2) is 5.62. The molecule has 36 valence electrons. The van der Waals surface area contributed by atoms with Crippen molar-refractivity contribution >= 4 is 21.6 Å². The predicted molar refractivity (Wildman–Crippen MR) is 26.2 cm³/mol. The summed E-state index contributed by atoms with van der Waals surface area (Å²) in [6, 6.07) is 0. The van der Waals surface area contributed by atoms with Gasteiger partial charge in [-0.25, -0.2) is 0 Å². The molecule has 2 heteroatoms. The van der Waals surface area contributed by atoms with E-state index >= 15 is 0 Å². The molecule has 0 saturated carbocycles. The van der Waals surface area contributed by atoms with E-state index < -0.39 is 21.6 Å². The first-order valence-corrected chi connectivity index (χ1v) is 5.05. The van der Waals surface area contributed by atoms with Crippen LogP contribution in [0.25, 0.3) is 0 Å². The van der Waals surface area contributed by atoms with Gasteiger partial charge >= 0.3 is 48.8 Å². The molecule has 0 bridgehead atoms. The normalized spacial score (nSPS) is 8.17. The van der Waals surface area contributed by atoms with Crippen molar-refractivity contribution in [2.45, 2.75) is 24.1 Å². The first-order valence-electron chi connectivity index (χ1n) is 2.21. The molecular formula is C4H9OSb. The summed E-state index contributed by atoms with van der Waals surface area (Å²) < 4.78 is 10.8. The van der Waals surface area contributed by atoms with Gasteiger partial charge in [-0.3, -0.25) is 0 Å². The van der Waals surface area contributed by atoms with Crippen molar-refractivity contribution in [2.75, 3.05) is 0 Å². The summed E-state index contributed by atoms with van der Waals surface area (Å²) in [5, 5.41) is 0. The first kappa shape index (κ1) is 6.62. The fourth-order valence-electron chi connectivity index (χ4n) is 0.223. The zero-order chi connectivity index (χ0) is 4.83. The number of rotatable bonds is 3. The summed E-state index contributed by atoms with van der Waals surface area (Å²) in [7, 11) is 0. The molecule has 0 amide bonds. The SMILES string of the molecule is CCC[CH2][Sb]=[O]. The zero-order valence-electron chi connectivity index (χ0n) is 3.98. The van der Waals surface area contributed by atoms with Gasteiger partial charge in [0.15, 0.2) is 0 Å². The quantitative estimate of drug-likeness (QED) is 0.489. The van der Waals surface area contributed by atoms with Crippen molar-refractivity contribution in [3.63, 3.8) is 0 Å². The summed E-state index contributed by atoms with van der Waals surface area (Å²) in [6.45, 7) is 2.12. The van der Waals surface area contributed by atoms with Crippen LogP contribution >= 0.6 is 0 Å². The monoisotopic (exact) mass is 194 g/mol. The summed E-state index contributed by atoms with van der Waals surface area (Å²) in [4.78, 5) is 0. The summed E-state index contributed by atoms with van der Waals surface area (Å²) in [5.41, 5.74) is 0. The van der Waals surface area contributed by atoms with Crippen LogP contribution in [0, 0.1) is 0 Å². The van der Waals surface area contributed by atoms with Gasteiger partial charge in [0, 0.05) is 0 Å². The van der Waals surface area contributed by atoms with E-state index in [1.54, 1.807) is 0 Å². The Morgan fingerprint density at radius 3 is 2.50 bits per heavy atom. The Bertz CT molecular complexity index is 36.5. The van der Waals surface area contributed by atoms with Gasteiger partial charge in [-0.05, 0) is 0 Å². The Hall–Kier alpha value is 0.618. The second-order valence-electron chi connectivity index (χ2n) is 1.21. The van der Waals surface area contributed by atoms with E-state index in [1.165, 1.54) is 12.8 Å². The van der Waals surface area contributed by atoms with Gasteiger partial charge in [0.2, 0.25) is 0 Å². The molecule has 0 rings (SSSR count). The topological polar surface area (TPSA) is 17.1 Å². The van der Waals surface area contributed by atoms with Crippen molar-refractivity contribution in [1.29, 1.82) is 0 Å². The van der Waals surface area contributed by atoms with E-state index in [4.69, 9.17) is 0 Å². The number of hydrogen-bond donors (Lipinski definition) is 0. The summed E-state index contributed by atoms with van der Waals surface area (Å²) in [6.07, 6.45) is 2.36. The van der Waals surface area contributed by atoms with Gasteiger partial charge in [-0.1, -0.05) is 0 Å². The molecule has 0 radical (unpaired) electrons. The van der Waals surface area contributed by atoms with Crippen molar-refractivity contribution in [3.05, 3.63) is 0 Å². The Morgan fingerprint density at radius 1 is 1.67 bits per heavy atom. The molecule has 0 aromatic carbocycles. The fourth-order valence-corrected chi connectivity index (χ4v) is 1.49. The molecule has 0 N–H and O–H groups in total. The maximum atomic E-state index is 9.84. The molecule has 0 aliphatic rings. The molecule has 0 aliphatic heterocycles. The molecular weight excluding hydrogens is 186 g/mol. The van der Waals surface area contributed by atoms with Crippen LogP contribution in [0.3, 0.4) is 0 Å². The van der Waals surface area contributed by atoms with Crippen molar-refractivity contribution in [2.24, 2.45) is 0 Å². The van der Waals surface area contributed by atoms with Crippen molar-refractivity contribution in [3.8, 4) is 0 Å². The van der Waals surface area contributed by atoms with Gasteiger partial charge in [0.05, 0.1) is 0 Å². The molecule has 0 aliphatic carbocycles. The molecule has 1 nitrogen and oxygen atoms in total. The van der Waals surface area contributed by atoms with Gasteiger partial charge < -0.3 is 0 Å². The molecule has 0 aromatic heterocycles. The maximum absolute atomic E-state index is 9.84. The molecule has 0 fully saturated rings. The predicted octanol–water partition coefficient (Wildman–Crippen LogP) is 1.25. The van der Waals surface area contributed by atoms with E-state index in [0.29, 0.717) is 0 Å². The number of hydrogen-bond acceptors (Lipinski definition) is 1. The molecule has 0 saturated heterocycles. The molecule has 0 aromatic rings. The van der Waals surface area contributed by atoms with Crippen LogP contribution in [0.4, 0.5) is 0 Å². The number of unbranched alkanes of at least 4 members (excludes halogenated alkanes) is 1. The molecule has 0 spiro atoms. The average Bonchev–Trinajstić information content (AvgIpc) is 1.61. The van der Waals surface area contributed by atoms with Crippen LogP contribution in [-0.2, 0) is 3.02 Å². The summed E-state index contributed by atoms with van der Waals surface area (Å²) >= 11 is -0.923. The standard InChI is InChI=1S/C4H9.O.Sb/c1-3-4-2;;/h1,3-4H2,2H3;;. The van der Waals surface area contributed by atoms with Crippen LogP contribution < -0.4 is 0 Å². The first-order chi connectivity index (χ1) is 2.91. The van der Waals surface area contributed by atoms with Crippen LogP contribution in [0.5, 0.6) is 0 Å². The van der Waals surface area contributed by atoms with Crippen molar-refractivity contribution in [1.82, 2.24) is 0 Å². The van der Waals surface area contributed by atoms with Crippen LogP contribution in [0.1, 0.15) is 19.8 Å². The van der Waals surface area contributed by atoms with Crippen LogP contribution in [-0.4, -0.2) is 21.6 Å². The van der Waals surface area contributed by atoms with Gasteiger partial charge in [0.25, 0.3) is 0 Å². The van der Waals surface area contributed by atoms with Crippen LogP contribution in [0.2, 0.25) is 4.37 Å². The Morgan fingerprint density at radius 2 is 2.33 bits per heavy atom.